The van der Waals surface area contributed by atoms with Gasteiger partial charge >= 0.3 is 5.97 Å². The summed E-state index contributed by atoms with van der Waals surface area (Å²) >= 11 is 0. The largest absolute Gasteiger partial charge is 0.466 e. The lowest BCUT2D eigenvalue weighted by atomic mass is 10.1. The summed E-state index contributed by atoms with van der Waals surface area (Å²) in [7, 11) is 0. The number of cyclic esters (lactones) is 1. The summed E-state index contributed by atoms with van der Waals surface area (Å²) in [5.41, 5.74) is 2.04. The van der Waals surface area contributed by atoms with Crippen molar-refractivity contribution in [1.29, 1.82) is 0 Å². The van der Waals surface area contributed by atoms with Gasteiger partial charge in [-0.05, 0) is 13.8 Å². The molecule has 11 nitrogen and oxygen atoms in total. The molecule has 2 unspecified atom stereocenters. The van der Waals surface area contributed by atoms with Gasteiger partial charge in [0.15, 0.2) is 5.65 Å². The van der Waals surface area contributed by atoms with Crippen molar-refractivity contribution in [2.75, 3.05) is 11.9 Å². The number of anilines is 1. The molecule has 3 aromatic heterocycles. The summed E-state index contributed by atoms with van der Waals surface area (Å²) < 4.78 is 12.7. The fourth-order valence-corrected chi connectivity index (χ4v) is 3.47. The second-order valence-corrected chi connectivity index (χ2v) is 7.17. The molecule has 2 atom stereocenters. The van der Waals surface area contributed by atoms with Gasteiger partial charge < -0.3 is 19.8 Å². The van der Waals surface area contributed by atoms with E-state index in [1.807, 2.05) is 6.92 Å². The molecular formula is C19H23N7O4. The first kappa shape index (κ1) is 19.8. The number of carbonyl (C=O) groups is 2. The number of esters is 1. The third-order valence-corrected chi connectivity index (χ3v) is 4.92. The lowest BCUT2D eigenvalue weighted by molar-refractivity contribution is -0.147. The van der Waals surface area contributed by atoms with E-state index >= 15 is 0 Å². The van der Waals surface area contributed by atoms with Crippen LogP contribution >= 0.6 is 0 Å². The number of aryl methyl sites for hydroxylation is 1. The van der Waals surface area contributed by atoms with Gasteiger partial charge in [0.05, 0.1) is 35.9 Å². The topological polar surface area (TPSA) is 137 Å². The number of hydrogen-bond donors (Lipinski definition) is 2. The Hall–Kier alpha value is -3.50. The van der Waals surface area contributed by atoms with Gasteiger partial charge in [-0.1, -0.05) is 0 Å². The minimum atomic E-state index is -0.423. The van der Waals surface area contributed by atoms with Crippen LogP contribution in [0.3, 0.4) is 0 Å². The van der Waals surface area contributed by atoms with Crippen molar-refractivity contribution in [2.24, 2.45) is 0 Å². The van der Waals surface area contributed by atoms with E-state index in [1.54, 1.807) is 24.0 Å². The molecule has 1 amide bonds. The number of rotatable bonds is 6. The normalized spacial score (nSPS) is 17.6. The highest BCUT2D eigenvalue weighted by Crippen LogP contribution is 2.35. The molecule has 0 radical (unpaired) electrons. The number of nitrogens with zero attached hydrogens (tertiary/aromatic N) is 5. The highest BCUT2D eigenvalue weighted by Gasteiger charge is 2.25. The van der Waals surface area contributed by atoms with E-state index in [1.165, 1.54) is 6.92 Å². The molecule has 2 N–H and O–H groups in total. The molecule has 1 aliphatic heterocycles. The maximum atomic E-state index is 11.7. The smallest absolute Gasteiger partial charge is 0.307 e. The van der Waals surface area contributed by atoms with Crippen LogP contribution in [0.5, 0.6) is 0 Å². The Morgan fingerprint density at radius 2 is 2.20 bits per heavy atom. The van der Waals surface area contributed by atoms with Crippen LogP contribution in [0.2, 0.25) is 0 Å². The molecule has 4 heterocycles. The molecule has 1 fully saturated rings. The summed E-state index contributed by atoms with van der Waals surface area (Å²) in [5, 5.41) is 19.6. The first-order valence-corrected chi connectivity index (χ1v) is 9.83. The van der Waals surface area contributed by atoms with Crippen LogP contribution in [-0.2, 0) is 20.9 Å². The highest BCUT2D eigenvalue weighted by molar-refractivity contribution is 5.96. The maximum absolute atomic E-state index is 11.7. The SMILES string of the molecule is CCn1ncc2c(NC3CCOC(=O)C3)c(-c3nnc(C(C)NC(C)=O)o3)cnc21. The Labute approximate surface area is 172 Å². The highest BCUT2D eigenvalue weighted by atomic mass is 16.5. The van der Waals surface area contributed by atoms with Crippen LogP contribution in [0.4, 0.5) is 5.69 Å². The second-order valence-electron chi connectivity index (χ2n) is 7.17. The van der Waals surface area contributed by atoms with Crippen LogP contribution in [0, 0.1) is 0 Å². The number of nitrogens with one attached hydrogen (secondary N) is 2. The molecule has 0 saturated carbocycles. The average Bonchev–Trinajstić information content (AvgIpc) is 3.35. The van der Waals surface area contributed by atoms with E-state index < -0.39 is 6.04 Å². The minimum absolute atomic E-state index is 0.0960. The van der Waals surface area contributed by atoms with Gasteiger partial charge in [0.2, 0.25) is 11.8 Å². The Balaban J connectivity index is 1.74. The third kappa shape index (κ3) is 3.82. The fraction of sp³-hybridized carbons (Fsp3) is 0.474. The van der Waals surface area contributed by atoms with Crippen molar-refractivity contribution >= 4 is 28.6 Å². The second kappa shape index (κ2) is 8.09. The van der Waals surface area contributed by atoms with Gasteiger partial charge in [-0.25, -0.2) is 9.67 Å². The van der Waals surface area contributed by atoms with Gasteiger partial charge in [-0.2, -0.15) is 5.10 Å². The monoisotopic (exact) mass is 413 g/mol. The molecule has 0 bridgehead atoms. The first-order valence-electron chi connectivity index (χ1n) is 9.83. The third-order valence-electron chi connectivity index (χ3n) is 4.92. The maximum Gasteiger partial charge on any atom is 0.307 e. The molecule has 1 aliphatic rings. The molecule has 0 spiro atoms. The van der Waals surface area contributed by atoms with Crippen LogP contribution in [0.25, 0.3) is 22.5 Å². The van der Waals surface area contributed by atoms with Crippen molar-refractivity contribution in [3.63, 3.8) is 0 Å². The van der Waals surface area contributed by atoms with Crippen molar-refractivity contribution in [1.82, 2.24) is 30.3 Å². The zero-order chi connectivity index (χ0) is 21.3. The summed E-state index contributed by atoms with van der Waals surface area (Å²) in [6.45, 7) is 6.21. The van der Waals surface area contributed by atoms with Gasteiger partial charge in [0.25, 0.3) is 5.89 Å². The molecule has 3 aromatic rings. The summed E-state index contributed by atoms with van der Waals surface area (Å²) in [6, 6.07) is -0.519. The number of pyridine rings is 1. The zero-order valence-electron chi connectivity index (χ0n) is 17.0. The standard InChI is InChI=1S/C19H23N7O4/c1-4-26-17-13(9-21-26)16(23-12-5-6-29-15(28)7-12)14(8-20-17)19-25-24-18(30-19)10(2)22-11(3)27/h8-10,12H,4-7H2,1-3H3,(H,20,23)(H,22,27). The Morgan fingerprint density at radius 1 is 1.37 bits per heavy atom. The Morgan fingerprint density at radius 3 is 2.93 bits per heavy atom. The average molecular weight is 413 g/mol. The van der Waals surface area contributed by atoms with Gasteiger partial charge in [-0.3, -0.25) is 9.59 Å². The lowest BCUT2D eigenvalue weighted by Gasteiger charge is -2.24. The quantitative estimate of drug-likeness (QED) is 0.580. The molecular weight excluding hydrogens is 390 g/mol. The number of ether oxygens (including phenoxy) is 1. The van der Waals surface area contributed by atoms with Crippen molar-refractivity contribution in [3.05, 3.63) is 18.3 Å². The molecule has 4 rings (SSSR count). The van der Waals surface area contributed by atoms with Crippen molar-refractivity contribution < 1.29 is 18.7 Å². The number of fused-ring (bicyclic) bond motifs is 1. The number of amides is 1. The van der Waals surface area contributed by atoms with E-state index in [0.29, 0.717) is 30.8 Å². The number of carbonyl (C=O) groups excluding carboxylic acids is 2. The summed E-state index contributed by atoms with van der Waals surface area (Å²) in [4.78, 5) is 27.6. The number of aromatic nitrogens is 5. The zero-order valence-corrected chi connectivity index (χ0v) is 17.0. The van der Waals surface area contributed by atoms with Gasteiger partial charge in [0.1, 0.15) is 6.04 Å². The molecule has 0 aliphatic carbocycles. The van der Waals surface area contributed by atoms with E-state index in [-0.39, 0.29) is 36.1 Å². The van der Waals surface area contributed by atoms with Crippen molar-refractivity contribution in [2.45, 2.75) is 52.2 Å². The van der Waals surface area contributed by atoms with Crippen LogP contribution in [-0.4, -0.2) is 49.5 Å². The molecule has 0 aromatic carbocycles. The molecule has 158 valence electrons. The summed E-state index contributed by atoms with van der Waals surface area (Å²) in [5.74, 6) is 0.126. The minimum Gasteiger partial charge on any atom is -0.466 e. The van der Waals surface area contributed by atoms with Crippen LogP contribution in [0.15, 0.2) is 16.8 Å². The molecule has 30 heavy (non-hydrogen) atoms. The van der Waals surface area contributed by atoms with E-state index in [9.17, 15) is 9.59 Å². The molecule has 11 heteroatoms. The van der Waals surface area contributed by atoms with E-state index in [0.717, 1.165) is 11.1 Å². The van der Waals surface area contributed by atoms with E-state index in [2.05, 4.69) is 30.9 Å². The van der Waals surface area contributed by atoms with Crippen LogP contribution < -0.4 is 10.6 Å². The predicted molar refractivity (Wildman–Crippen MR) is 106 cm³/mol. The first-order chi connectivity index (χ1) is 14.5. The van der Waals surface area contributed by atoms with Gasteiger partial charge in [-0.15, -0.1) is 10.2 Å². The lowest BCUT2D eigenvalue weighted by Crippen LogP contribution is -2.31. The van der Waals surface area contributed by atoms with Crippen LogP contribution in [0.1, 0.15) is 45.5 Å². The molecule has 1 saturated heterocycles. The Kier molecular flexibility index (Phi) is 5.34. The van der Waals surface area contributed by atoms with Crippen molar-refractivity contribution in [3.8, 4) is 11.5 Å². The Bertz CT molecular complexity index is 1090. The number of hydrogen-bond acceptors (Lipinski definition) is 9. The predicted octanol–water partition coefficient (Wildman–Crippen LogP) is 1.82. The summed E-state index contributed by atoms with van der Waals surface area (Å²) in [6.07, 6.45) is 4.33. The van der Waals surface area contributed by atoms with Gasteiger partial charge in [0, 0.05) is 32.1 Å². The van der Waals surface area contributed by atoms with E-state index in [4.69, 9.17) is 9.15 Å². The fourth-order valence-electron chi connectivity index (χ4n) is 3.47.